The molecule has 2 aromatic heterocycles. The van der Waals surface area contributed by atoms with Gasteiger partial charge in [-0.25, -0.2) is 0 Å². The molecular weight excluding hydrogens is 481 g/mol. The highest BCUT2D eigenvalue weighted by Crippen LogP contribution is 2.51. The summed E-state index contributed by atoms with van der Waals surface area (Å²) in [5, 5.41) is 4.15. The van der Waals surface area contributed by atoms with Gasteiger partial charge in [-0.1, -0.05) is 17.3 Å². The number of pyridine rings is 1. The lowest BCUT2D eigenvalue weighted by molar-refractivity contribution is -0.136. The van der Waals surface area contributed by atoms with E-state index in [2.05, 4.69) is 14.9 Å². The van der Waals surface area contributed by atoms with Crippen molar-refractivity contribution < 1.29 is 26.1 Å². The predicted octanol–water partition coefficient (Wildman–Crippen LogP) is 3.98. The Labute approximate surface area is 200 Å². The van der Waals surface area contributed by atoms with E-state index >= 15 is 0 Å². The fourth-order valence-corrected chi connectivity index (χ4v) is 7.77. The summed E-state index contributed by atoms with van der Waals surface area (Å²) >= 11 is 0. The molecule has 2 fully saturated rings. The second-order valence-corrected chi connectivity index (χ2v) is 11.4. The van der Waals surface area contributed by atoms with Crippen LogP contribution in [0.5, 0.6) is 0 Å². The molecule has 3 aliphatic rings. The minimum Gasteiger partial charge on any atom is -0.356 e. The predicted molar refractivity (Wildman–Crippen MR) is 121 cm³/mol. The van der Waals surface area contributed by atoms with Crippen LogP contribution in [0.3, 0.4) is 0 Å². The van der Waals surface area contributed by atoms with Gasteiger partial charge in [0, 0.05) is 36.1 Å². The first-order valence-corrected chi connectivity index (χ1v) is 12.9. The summed E-state index contributed by atoms with van der Waals surface area (Å²) < 4.78 is 73.4. The van der Waals surface area contributed by atoms with Crippen LogP contribution in [-0.4, -0.2) is 47.7 Å². The number of alkyl halides is 3. The van der Waals surface area contributed by atoms with Gasteiger partial charge in [0.1, 0.15) is 12.2 Å². The lowest BCUT2D eigenvalue weighted by Crippen LogP contribution is -2.52. The van der Waals surface area contributed by atoms with Crippen LogP contribution < -0.4 is 4.72 Å². The van der Waals surface area contributed by atoms with Crippen molar-refractivity contribution in [2.24, 2.45) is 11.8 Å². The smallest absolute Gasteiger partial charge is 0.356 e. The van der Waals surface area contributed by atoms with Crippen LogP contribution in [0.15, 0.2) is 53.3 Å². The highest BCUT2D eigenvalue weighted by Gasteiger charge is 2.60. The average molecular weight is 505 g/mol. The van der Waals surface area contributed by atoms with Gasteiger partial charge in [-0.05, 0) is 66.8 Å². The SMILES string of the molecule is O=S1(=O)N[C@@]2(CN1CC(F)(F)F)[C@@H]1CC[C@H]2Cc2ccc(-c3cc(-c4cccnc4)no3)cc2C1. The van der Waals surface area contributed by atoms with Gasteiger partial charge in [0.05, 0.1) is 5.54 Å². The van der Waals surface area contributed by atoms with Gasteiger partial charge in [-0.2, -0.15) is 30.6 Å². The molecule has 3 atom stereocenters. The molecule has 11 heteroatoms. The molecule has 1 saturated heterocycles. The number of fused-ring (bicyclic) bond motifs is 1. The molecule has 1 aliphatic heterocycles. The lowest BCUT2D eigenvalue weighted by atomic mass is 9.79. The van der Waals surface area contributed by atoms with Crippen LogP contribution in [-0.2, 0) is 23.1 Å². The molecule has 3 heterocycles. The Morgan fingerprint density at radius 2 is 1.86 bits per heavy atom. The first kappa shape index (κ1) is 22.7. The van der Waals surface area contributed by atoms with Crippen molar-refractivity contribution in [1.82, 2.24) is 19.2 Å². The van der Waals surface area contributed by atoms with Crippen molar-refractivity contribution in [1.29, 1.82) is 0 Å². The van der Waals surface area contributed by atoms with Crippen molar-refractivity contribution in [3.63, 3.8) is 0 Å². The largest absolute Gasteiger partial charge is 0.402 e. The summed E-state index contributed by atoms with van der Waals surface area (Å²) in [4.78, 5) is 4.11. The molecule has 1 N–H and O–H groups in total. The van der Waals surface area contributed by atoms with Gasteiger partial charge in [-0.3, -0.25) is 4.98 Å². The highest BCUT2D eigenvalue weighted by atomic mass is 32.2. The van der Waals surface area contributed by atoms with Gasteiger partial charge in [0.15, 0.2) is 5.76 Å². The summed E-state index contributed by atoms with van der Waals surface area (Å²) in [5.41, 5.74) is 3.65. The van der Waals surface area contributed by atoms with Crippen molar-refractivity contribution in [2.45, 2.75) is 37.4 Å². The monoisotopic (exact) mass is 504 g/mol. The minimum atomic E-state index is -4.59. The molecule has 6 rings (SSSR count). The van der Waals surface area contributed by atoms with Gasteiger partial charge in [0.25, 0.3) is 10.2 Å². The number of rotatable bonds is 3. The third kappa shape index (κ3) is 3.95. The number of hydrogen-bond acceptors (Lipinski definition) is 5. The van der Waals surface area contributed by atoms with Crippen LogP contribution in [0.4, 0.5) is 13.2 Å². The zero-order chi connectivity index (χ0) is 24.4. The first-order chi connectivity index (χ1) is 16.6. The maximum atomic E-state index is 13.1. The van der Waals surface area contributed by atoms with E-state index < -0.39 is 28.5 Å². The Bertz CT molecular complexity index is 1380. The number of halogens is 3. The number of nitrogens with zero attached hydrogens (tertiary/aromatic N) is 3. The standard InChI is InChI=1S/C24H23F3N4O3S/c25-24(26,27)14-31-13-23(30-35(31,32)33)19-5-6-20(23)10-18-8-16(4-3-15(18)9-19)22-11-21(29-34-22)17-2-1-7-28-12-17/h1-4,7-8,11-12,19-20,30H,5-6,9-10,13-14H2/t19-,20+,23+/m0/s1. The van der Waals surface area contributed by atoms with Crippen LogP contribution in [0, 0.1) is 11.8 Å². The second kappa shape index (κ2) is 7.87. The molecule has 184 valence electrons. The van der Waals surface area contributed by atoms with E-state index in [-0.39, 0.29) is 18.4 Å². The maximum absolute atomic E-state index is 13.1. The Kier molecular flexibility index (Phi) is 5.10. The maximum Gasteiger partial charge on any atom is 0.402 e. The van der Waals surface area contributed by atoms with Crippen molar-refractivity contribution in [2.75, 3.05) is 13.1 Å². The average Bonchev–Trinajstić information content (AvgIpc) is 3.43. The number of hydrogen-bond donors (Lipinski definition) is 1. The zero-order valence-corrected chi connectivity index (χ0v) is 19.4. The molecule has 0 radical (unpaired) electrons. The van der Waals surface area contributed by atoms with E-state index in [9.17, 15) is 21.6 Å². The molecule has 0 amide bonds. The van der Waals surface area contributed by atoms with Crippen LogP contribution in [0.2, 0.25) is 0 Å². The van der Waals surface area contributed by atoms with Crippen molar-refractivity contribution in [3.8, 4) is 22.6 Å². The molecule has 1 saturated carbocycles. The van der Waals surface area contributed by atoms with Crippen LogP contribution >= 0.6 is 0 Å². The van der Waals surface area contributed by atoms with E-state index in [1.165, 1.54) is 0 Å². The zero-order valence-electron chi connectivity index (χ0n) is 18.6. The highest BCUT2D eigenvalue weighted by molar-refractivity contribution is 7.87. The van der Waals surface area contributed by atoms with Crippen molar-refractivity contribution in [3.05, 3.63) is 59.9 Å². The summed E-state index contributed by atoms with van der Waals surface area (Å²) in [5.74, 6) is 0.460. The summed E-state index contributed by atoms with van der Waals surface area (Å²) in [6.07, 6.45) is 1.56. The number of benzene rings is 1. The van der Waals surface area contributed by atoms with Crippen LogP contribution in [0.1, 0.15) is 24.0 Å². The van der Waals surface area contributed by atoms with Gasteiger partial charge >= 0.3 is 6.18 Å². The Morgan fingerprint density at radius 1 is 1.09 bits per heavy atom. The van der Waals surface area contributed by atoms with E-state index in [4.69, 9.17) is 4.52 Å². The second-order valence-electron chi connectivity index (χ2n) is 9.71. The lowest BCUT2D eigenvalue weighted by Gasteiger charge is -2.33. The van der Waals surface area contributed by atoms with E-state index in [0.29, 0.717) is 28.6 Å². The quantitative estimate of drug-likeness (QED) is 0.583. The third-order valence-electron chi connectivity index (χ3n) is 7.66. The Hall–Kier alpha value is -2.76. The van der Waals surface area contributed by atoms with E-state index in [0.717, 1.165) is 35.1 Å². The molecule has 2 bridgehead atoms. The van der Waals surface area contributed by atoms with Gasteiger partial charge in [-0.15, -0.1) is 0 Å². The minimum absolute atomic E-state index is 0.0601. The van der Waals surface area contributed by atoms with E-state index in [1.54, 1.807) is 12.4 Å². The molecule has 1 spiro atoms. The normalized spacial score (nSPS) is 27.7. The van der Waals surface area contributed by atoms with Gasteiger partial charge < -0.3 is 4.52 Å². The summed E-state index contributed by atoms with van der Waals surface area (Å²) in [6, 6.07) is 11.6. The molecule has 1 aromatic carbocycles. The third-order valence-corrected chi connectivity index (χ3v) is 9.24. The molecule has 7 nitrogen and oxygen atoms in total. The fourth-order valence-electron chi connectivity index (χ4n) is 6.06. The Balaban J connectivity index is 1.30. The Morgan fingerprint density at radius 3 is 2.57 bits per heavy atom. The van der Waals surface area contributed by atoms with Crippen LogP contribution in [0.25, 0.3) is 22.6 Å². The summed E-state index contributed by atoms with van der Waals surface area (Å²) in [6.45, 7) is -1.62. The molecule has 2 aliphatic carbocycles. The fraction of sp³-hybridized carbons (Fsp3) is 0.417. The number of aromatic nitrogens is 2. The molecule has 35 heavy (non-hydrogen) atoms. The molecular formula is C24H23F3N4O3S. The molecule has 3 aromatic rings. The van der Waals surface area contributed by atoms with Crippen molar-refractivity contribution >= 4 is 10.2 Å². The van der Waals surface area contributed by atoms with Gasteiger partial charge in [0.2, 0.25) is 0 Å². The number of nitrogens with one attached hydrogen (secondary N) is 1. The topological polar surface area (TPSA) is 88.3 Å². The first-order valence-electron chi connectivity index (χ1n) is 11.5. The van der Waals surface area contributed by atoms with E-state index in [1.807, 2.05) is 36.4 Å². The molecule has 0 unspecified atom stereocenters. The summed E-state index contributed by atoms with van der Waals surface area (Å²) in [7, 11) is -4.20.